The third-order valence-corrected chi connectivity index (χ3v) is 2.21. The van der Waals surface area contributed by atoms with Gasteiger partial charge in [-0.3, -0.25) is 5.43 Å². The van der Waals surface area contributed by atoms with Crippen LogP contribution < -0.4 is 11.2 Å². The van der Waals surface area contributed by atoms with Gasteiger partial charge in [0.2, 0.25) is 0 Å². The Kier molecular flexibility index (Phi) is 3.97. The lowest BCUT2D eigenvalue weighted by atomic mass is 10.1. The van der Waals surface area contributed by atoms with E-state index in [1.807, 2.05) is 38.1 Å². The summed E-state index contributed by atoms with van der Waals surface area (Å²) in [5.74, 6) is 0. The second-order valence-corrected chi connectivity index (χ2v) is 3.81. The van der Waals surface area contributed by atoms with E-state index in [-0.39, 0.29) is 10.7 Å². The molecule has 16 heavy (non-hydrogen) atoms. The minimum absolute atomic E-state index is 0.0136. The van der Waals surface area contributed by atoms with Gasteiger partial charge in [-0.2, -0.15) is 10.4 Å². The van der Waals surface area contributed by atoms with E-state index >= 15 is 0 Å². The van der Waals surface area contributed by atoms with Gasteiger partial charge in [-0.1, -0.05) is 24.4 Å². The summed E-state index contributed by atoms with van der Waals surface area (Å²) in [6, 6.07) is 7.74. The molecule has 0 saturated carbocycles. The molecule has 0 aromatic heterocycles. The topological polar surface area (TPSA) is 74.2 Å². The monoisotopic (exact) mass is 232 g/mol. The first-order valence-electron chi connectivity index (χ1n) is 4.65. The van der Waals surface area contributed by atoms with Gasteiger partial charge in [0.1, 0.15) is 11.1 Å². The molecule has 82 valence electrons. The maximum atomic E-state index is 8.71. The number of nitrogens with one attached hydrogen (secondary N) is 1. The lowest BCUT2D eigenvalue weighted by Gasteiger charge is -2.06. The molecule has 1 aromatic rings. The molecule has 1 aromatic carbocycles. The highest BCUT2D eigenvalue weighted by molar-refractivity contribution is 7.82. The van der Waals surface area contributed by atoms with E-state index in [9.17, 15) is 0 Å². The Morgan fingerprint density at radius 2 is 2.19 bits per heavy atom. The van der Waals surface area contributed by atoms with Gasteiger partial charge in [-0.25, -0.2) is 0 Å². The maximum Gasteiger partial charge on any atom is 0.194 e. The van der Waals surface area contributed by atoms with Crippen molar-refractivity contribution in [2.45, 2.75) is 13.8 Å². The molecule has 5 heteroatoms. The highest BCUT2D eigenvalue weighted by Crippen LogP contribution is 2.16. The van der Waals surface area contributed by atoms with Crippen LogP contribution in [0.15, 0.2) is 23.3 Å². The normalized spacial score (nSPS) is 10.7. The van der Waals surface area contributed by atoms with E-state index in [2.05, 4.69) is 22.7 Å². The van der Waals surface area contributed by atoms with E-state index in [1.165, 1.54) is 0 Å². The van der Waals surface area contributed by atoms with Crippen LogP contribution in [0.3, 0.4) is 0 Å². The van der Waals surface area contributed by atoms with Crippen molar-refractivity contribution < 1.29 is 0 Å². The van der Waals surface area contributed by atoms with Gasteiger partial charge in [0, 0.05) is 0 Å². The molecule has 0 aliphatic heterocycles. The number of hydrogen-bond donors (Lipinski definition) is 2. The average molecular weight is 232 g/mol. The summed E-state index contributed by atoms with van der Waals surface area (Å²) < 4.78 is 0. The van der Waals surface area contributed by atoms with Crippen LogP contribution >= 0.6 is 12.2 Å². The van der Waals surface area contributed by atoms with Crippen LogP contribution in [-0.4, -0.2) is 10.7 Å². The maximum absolute atomic E-state index is 8.71. The van der Waals surface area contributed by atoms with Crippen LogP contribution in [0.5, 0.6) is 0 Å². The Morgan fingerprint density at radius 1 is 1.50 bits per heavy atom. The highest BCUT2D eigenvalue weighted by Gasteiger charge is 2.02. The van der Waals surface area contributed by atoms with E-state index in [1.54, 1.807) is 0 Å². The highest BCUT2D eigenvalue weighted by atomic mass is 32.1. The Bertz CT molecular complexity index is 485. The molecular formula is C11H12N4S. The molecule has 0 aliphatic carbocycles. The largest absolute Gasteiger partial charge is 0.387 e. The number of thiocarbonyl (C=S) groups is 1. The van der Waals surface area contributed by atoms with E-state index in [0.29, 0.717) is 0 Å². The number of nitrogens with zero attached hydrogens (tertiary/aromatic N) is 2. The van der Waals surface area contributed by atoms with Crippen molar-refractivity contribution in [3.63, 3.8) is 0 Å². The number of aryl methyl sites for hydroxylation is 2. The fourth-order valence-corrected chi connectivity index (χ4v) is 1.20. The lowest BCUT2D eigenvalue weighted by molar-refractivity contribution is 1.29. The van der Waals surface area contributed by atoms with Crippen LogP contribution in [0.2, 0.25) is 0 Å². The van der Waals surface area contributed by atoms with Crippen molar-refractivity contribution >= 4 is 28.6 Å². The third kappa shape index (κ3) is 3.04. The molecule has 0 saturated heterocycles. The first-order valence-corrected chi connectivity index (χ1v) is 5.06. The molecule has 0 heterocycles. The van der Waals surface area contributed by atoms with Crippen molar-refractivity contribution in [1.82, 2.24) is 0 Å². The molecule has 0 aliphatic rings. The number of hydrazone groups is 1. The molecule has 0 fully saturated rings. The van der Waals surface area contributed by atoms with Gasteiger partial charge in [-0.15, -0.1) is 0 Å². The van der Waals surface area contributed by atoms with E-state index < -0.39 is 0 Å². The number of nitriles is 1. The van der Waals surface area contributed by atoms with Gasteiger partial charge in [0.05, 0.1) is 5.69 Å². The SMILES string of the molecule is Cc1ccc(C)c(N/N=C(\C#N)C(N)=S)c1. The van der Waals surface area contributed by atoms with Crippen molar-refractivity contribution in [2.75, 3.05) is 5.43 Å². The van der Waals surface area contributed by atoms with Crippen molar-refractivity contribution in [3.05, 3.63) is 29.3 Å². The lowest BCUT2D eigenvalue weighted by Crippen LogP contribution is -2.20. The quantitative estimate of drug-likeness (QED) is 0.474. The Morgan fingerprint density at radius 3 is 2.75 bits per heavy atom. The standard InChI is InChI=1S/C11H12N4S/c1-7-3-4-8(2)9(5-7)14-15-10(6-12)11(13)16/h3-5,14H,1-2H3,(H2,13,16)/b15-10+. The molecule has 0 atom stereocenters. The predicted octanol–water partition coefficient (Wildman–Crippen LogP) is 1.88. The molecule has 0 bridgehead atoms. The zero-order valence-electron chi connectivity index (χ0n) is 9.11. The van der Waals surface area contributed by atoms with Crippen LogP contribution in [0.4, 0.5) is 5.69 Å². The van der Waals surface area contributed by atoms with Crippen molar-refractivity contribution in [2.24, 2.45) is 10.8 Å². The van der Waals surface area contributed by atoms with Crippen LogP contribution in [-0.2, 0) is 0 Å². The summed E-state index contributed by atoms with van der Waals surface area (Å²) in [5.41, 5.74) is 11.1. The van der Waals surface area contributed by atoms with Gasteiger partial charge >= 0.3 is 0 Å². The summed E-state index contributed by atoms with van der Waals surface area (Å²) in [4.78, 5) is -0.0136. The smallest absolute Gasteiger partial charge is 0.194 e. The minimum Gasteiger partial charge on any atom is -0.387 e. The Balaban J connectivity index is 2.94. The molecule has 0 radical (unpaired) electrons. The average Bonchev–Trinajstić information content (AvgIpc) is 2.23. The van der Waals surface area contributed by atoms with Gasteiger partial charge < -0.3 is 5.73 Å². The number of benzene rings is 1. The molecule has 0 amide bonds. The molecule has 3 N–H and O–H groups in total. The van der Waals surface area contributed by atoms with Crippen molar-refractivity contribution in [1.29, 1.82) is 5.26 Å². The summed E-state index contributed by atoms with van der Waals surface area (Å²) in [7, 11) is 0. The number of nitrogens with two attached hydrogens (primary N) is 1. The van der Waals surface area contributed by atoms with Crippen LogP contribution in [0.1, 0.15) is 11.1 Å². The first-order chi connectivity index (χ1) is 7.54. The van der Waals surface area contributed by atoms with Gasteiger partial charge in [-0.05, 0) is 31.0 Å². The first kappa shape index (κ1) is 12.1. The summed E-state index contributed by atoms with van der Waals surface area (Å²) in [5, 5.41) is 12.6. The van der Waals surface area contributed by atoms with Gasteiger partial charge in [0.25, 0.3) is 0 Å². The molecular weight excluding hydrogens is 220 g/mol. The second kappa shape index (κ2) is 5.24. The summed E-state index contributed by atoms with van der Waals surface area (Å²) in [6.07, 6.45) is 0. The summed E-state index contributed by atoms with van der Waals surface area (Å²) >= 11 is 4.67. The van der Waals surface area contributed by atoms with E-state index in [4.69, 9.17) is 11.0 Å². The molecule has 1 rings (SSSR count). The Hall–Kier alpha value is -1.93. The minimum atomic E-state index is -0.0136. The molecule has 4 nitrogen and oxygen atoms in total. The number of hydrogen-bond acceptors (Lipinski definition) is 4. The zero-order chi connectivity index (χ0) is 12.1. The molecule has 0 spiro atoms. The zero-order valence-corrected chi connectivity index (χ0v) is 9.93. The summed E-state index contributed by atoms with van der Waals surface area (Å²) in [6.45, 7) is 3.93. The second-order valence-electron chi connectivity index (χ2n) is 3.37. The number of rotatable bonds is 3. The number of anilines is 1. The fraction of sp³-hybridized carbons (Fsp3) is 0.182. The van der Waals surface area contributed by atoms with Gasteiger partial charge in [0.15, 0.2) is 5.71 Å². The molecule has 0 unspecified atom stereocenters. The van der Waals surface area contributed by atoms with Crippen LogP contribution in [0, 0.1) is 25.2 Å². The third-order valence-electron chi connectivity index (χ3n) is 2.02. The fourth-order valence-electron chi connectivity index (χ4n) is 1.11. The Labute approximate surface area is 99.8 Å². The van der Waals surface area contributed by atoms with E-state index in [0.717, 1.165) is 16.8 Å². The predicted molar refractivity (Wildman–Crippen MR) is 69.4 cm³/mol. The van der Waals surface area contributed by atoms with Crippen LogP contribution in [0.25, 0.3) is 0 Å². The van der Waals surface area contributed by atoms with Crippen molar-refractivity contribution in [3.8, 4) is 6.07 Å².